The number of benzene rings is 1. The maximum Gasteiger partial charge on any atom is 0.379 e. The molecule has 0 aliphatic heterocycles. The third-order valence-electron chi connectivity index (χ3n) is 2.62. The molecule has 5 heteroatoms. The van der Waals surface area contributed by atoms with Gasteiger partial charge in [0.1, 0.15) is 5.75 Å². The lowest BCUT2D eigenvalue weighted by molar-refractivity contribution is -0.137. The Morgan fingerprint density at radius 1 is 1.39 bits per heavy atom. The highest BCUT2D eigenvalue weighted by Crippen LogP contribution is 2.29. The Kier molecular flexibility index (Phi) is 3.06. The third-order valence-corrected chi connectivity index (χ3v) is 2.62. The number of ether oxygens (including phenoxy) is 1. The lowest BCUT2D eigenvalue weighted by Crippen LogP contribution is -2.17. The summed E-state index contributed by atoms with van der Waals surface area (Å²) < 4.78 is 4.62. The number of aryl methyl sites for hydroxylation is 1. The summed E-state index contributed by atoms with van der Waals surface area (Å²) in [5.74, 6) is -2.00. The van der Waals surface area contributed by atoms with Gasteiger partial charge in [-0.15, -0.1) is 0 Å². The second-order valence-corrected chi connectivity index (χ2v) is 3.92. The Balaban J connectivity index is 2.48. The second kappa shape index (κ2) is 4.52. The van der Waals surface area contributed by atoms with E-state index in [0.29, 0.717) is 10.9 Å². The van der Waals surface area contributed by atoms with Gasteiger partial charge >= 0.3 is 5.97 Å². The SMILES string of the molecule is CCOC(=O)C(=O)c1ccc2[nH]c(C)cc2c1O. The van der Waals surface area contributed by atoms with Gasteiger partial charge in [-0.25, -0.2) is 4.79 Å². The highest BCUT2D eigenvalue weighted by molar-refractivity contribution is 6.41. The first-order valence-electron chi connectivity index (χ1n) is 5.57. The van der Waals surface area contributed by atoms with Crippen molar-refractivity contribution >= 4 is 22.7 Å². The van der Waals surface area contributed by atoms with Gasteiger partial charge in [-0.2, -0.15) is 0 Å². The van der Waals surface area contributed by atoms with Crippen molar-refractivity contribution in [3.05, 3.63) is 29.5 Å². The van der Waals surface area contributed by atoms with Gasteiger partial charge in [0, 0.05) is 16.6 Å². The number of Topliss-reactive ketones (excluding diaryl/α,β-unsaturated/α-hetero) is 1. The van der Waals surface area contributed by atoms with E-state index in [1.807, 2.05) is 6.92 Å². The number of carbonyl (C=O) groups excluding carboxylic acids is 2. The fraction of sp³-hybridized carbons (Fsp3) is 0.231. The Bertz CT molecular complexity index is 627. The first-order chi connectivity index (χ1) is 8.54. The molecule has 0 bridgehead atoms. The standard InChI is InChI=1S/C13H13NO4/c1-3-18-13(17)12(16)8-4-5-10-9(11(8)15)6-7(2)14-10/h4-6,14-15H,3H2,1-2H3. The zero-order chi connectivity index (χ0) is 13.3. The molecule has 0 saturated carbocycles. The van der Waals surface area contributed by atoms with Gasteiger partial charge in [0.25, 0.3) is 5.78 Å². The minimum Gasteiger partial charge on any atom is -0.506 e. The molecule has 1 heterocycles. The summed E-state index contributed by atoms with van der Waals surface area (Å²) in [4.78, 5) is 26.1. The van der Waals surface area contributed by atoms with Crippen LogP contribution in [0.3, 0.4) is 0 Å². The highest BCUT2D eigenvalue weighted by atomic mass is 16.5. The molecule has 0 atom stereocenters. The second-order valence-electron chi connectivity index (χ2n) is 3.92. The van der Waals surface area contributed by atoms with Crippen LogP contribution in [0.2, 0.25) is 0 Å². The van der Waals surface area contributed by atoms with E-state index in [-0.39, 0.29) is 17.9 Å². The number of rotatable bonds is 3. The number of esters is 1. The number of hydrogen-bond acceptors (Lipinski definition) is 4. The first-order valence-corrected chi connectivity index (χ1v) is 5.57. The molecule has 0 aliphatic carbocycles. The van der Waals surface area contributed by atoms with Crippen LogP contribution in [0.4, 0.5) is 0 Å². The number of aromatic nitrogens is 1. The summed E-state index contributed by atoms with van der Waals surface area (Å²) in [6, 6.07) is 4.77. The number of phenols is 1. The lowest BCUT2D eigenvalue weighted by atomic mass is 10.1. The minimum absolute atomic E-state index is 0.0417. The van der Waals surface area contributed by atoms with Crippen LogP contribution in [0.15, 0.2) is 18.2 Å². The van der Waals surface area contributed by atoms with Crippen molar-refractivity contribution in [1.82, 2.24) is 4.98 Å². The molecule has 0 spiro atoms. The van der Waals surface area contributed by atoms with Crippen LogP contribution in [-0.4, -0.2) is 28.4 Å². The highest BCUT2D eigenvalue weighted by Gasteiger charge is 2.22. The molecule has 2 rings (SSSR count). The van der Waals surface area contributed by atoms with E-state index < -0.39 is 11.8 Å². The van der Waals surface area contributed by atoms with E-state index in [1.54, 1.807) is 19.1 Å². The molecule has 1 aromatic carbocycles. The number of H-pyrrole nitrogens is 1. The fourth-order valence-electron chi connectivity index (χ4n) is 1.82. The van der Waals surface area contributed by atoms with Gasteiger partial charge in [-0.1, -0.05) is 0 Å². The van der Waals surface area contributed by atoms with Gasteiger partial charge in [-0.05, 0) is 32.0 Å². The Labute approximate surface area is 103 Å². The fourth-order valence-corrected chi connectivity index (χ4v) is 1.82. The number of hydrogen-bond donors (Lipinski definition) is 2. The number of aromatic hydroxyl groups is 1. The molecule has 5 nitrogen and oxygen atoms in total. The van der Waals surface area contributed by atoms with Gasteiger partial charge < -0.3 is 14.8 Å². The summed E-state index contributed by atoms with van der Waals surface area (Å²) in [7, 11) is 0. The van der Waals surface area contributed by atoms with Crippen LogP contribution >= 0.6 is 0 Å². The van der Waals surface area contributed by atoms with E-state index in [0.717, 1.165) is 5.69 Å². The number of ketones is 1. The predicted molar refractivity (Wildman–Crippen MR) is 65.7 cm³/mol. The van der Waals surface area contributed by atoms with Crippen LogP contribution in [-0.2, 0) is 9.53 Å². The van der Waals surface area contributed by atoms with Crippen molar-refractivity contribution in [2.75, 3.05) is 6.61 Å². The topological polar surface area (TPSA) is 79.4 Å². The summed E-state index contributed by atoms with van der Waals surface area (Å²) in [5, 5.41) is 10.5. The minimum atomic E-state index is -0.959. The molecule has 94 valence electrons. The van der Waals surface area contributed by atoms with Crippen LogP contribution < -0.4 is 0 Å². The van der Waals surface area contributed by atoms with Crippen molar-refractivity contribution in [3.8, 4) is 5.75 Å². The molecule has 0 saturated heterocycles. The third kappa shape index (κ3) is 1.95. The molecule has 0 aliphatic rings. The summed E-state index contributed by atoms with van der Waals surface area (Å²) in [6.07, 6.45) is 0. The van der Waals surface area contributed by atoms with Crippen LogP contribution in [0, 0.1) is 6.92 Å². The van der Waals surface area contributed by atoms with E-state index in [1.165, 1.54) is 6.07 Å². The van der Waals surface area contributed by atoms with E-state index in [4.69, 9.17) is 0 Å². The smallest absolute Gasteiger partial charge is 0.379 e. The largest absolute Gasteiger partial charge is 0.506 e. The molecule has 2 N–H and O–H groups in total. The predicted octanol–water partition coefficient (Wildman–Crippen LogP) is 1.93. The van der Waals surface area contributed by atoms with E-state index >= 15 is 0 Å². The maximum atomic E-state index is 11.8. The molecule has 0 radical (unpaired) electrons. The zero-order valence-electron chi connectivity index (χ0n) is 10.1. The van der Waals surface area contributed by atoms with E-state index in [2.05, 4.69) is 9.72 Å². The van der Waals surface area contributed by atoms with Gasteiger partial charge in [0.05, 0.1) is 12.2 Å². The average Bonchev–Trinajstić information content (AvgIpc) is 2.71. The molecule has 1 aromatic heterocycles. The molecule has 0 unspecified atom stereocenters. The first kappa shape index (κ1) is 12.2. The van der Waals surface area contributed by atoms with Gasteiger partial charge in [0.15, 0.2) is 0 Å². The number of carbonyl (C=O) groups is 2. The van der Waals surface area contributed by atoms with Crippen molar-refractivity contribution in [3.63, 3.8) is 0 Å². The van der Waals surface area contributed by atoms with Crippen molar-refractivity contribution in [1.29, 1.82) is 0 Å². The Morgan fingerprint density at radius 3 is 2.78 bits per heavy atom. The molecule has 18 heavy (non-hydrogen) atoms. The molecule has 0 amide bonds. The molecule has 2 aromatic rings. The van der Waals surface area contributed by atoms with E-state index in [9.17, 15) is 14.7 Å². The van der Waals surface area contributed by atoms with Crippen LogP contribution in [0.25, 0.3) is 10.9 Å². The zero-order valence-corrected chi connectivity index (χ0v) is 10.1. The summed E-state index contributed by atoms with van der Waals surface area (Å²) in [5.41, 5.74) is 1.53. The van der Waals surface area contributed by atoms with Crippen LogP contribution in [0.1, 0.15) is 23.0 Å². The number of nitrogens with one attached hydrogen (secondary N) is 1. The van der Waals surface area contributed by atoms with Crippen molar-refractivity contribution < 1.29 is 19.4 Å². The Hall–Kier alpha value is -2.30. The van der Waals surface area contributed by atoms with Gasteiger partial charge in [-0.3, -0.25) is 4.79 Å². The molecular formula is C13H13NO4. The quantitative estimate of drug-likeness (QED) is 0.493. The van der Waals surface area contributed by atoms with Crippen LogP contribution in [0.5, 0.6) is 5.75 Å². The number of fused-ring (bicyclic) bond motifs is 1. The molecular weight excluding hydrogens is 234 g/mol. The maximum absolute atomic E-state index is 11.8. The summed E-state index contributed by atoms with van der Waals surface area (Å²) >= 11 is 0. The normalized spacial score (nSPS) is 10.6. The number of aromatic amines is 1. The molecule has 0 fully saturated rings. The van der Waals surface area contributed by atoms with Crippen molar-refractivity contribution in [2.45, 2.75) is 13.8 Å². The lowest BCUT2D eigenvalue weighted by Gasteiger charge is -2.04. The Morgan fingerprint density at radius 2 is 2.11 bits per heavy atom. The van der Waals surface area contributed by atoms with Crippen molar-refractivity contribution in [2.24, 2.45) is 0 Å². The summed E-state index contributed by atoms with van der Waals surface area (Å²) in [6.45, 7) is 3.58. The number of phenolic OH excluding ortho intramolecular Hbond substituents is 1. The van der Waals surface area contributed by atoms with Gasteiger partial charge in [0.2, 0.25) is 0 Å². The average molecular weight is 247 g/mol. The monoisotopic (exact) mass is 247 g/mol.